The summed E-state index contributed by atoms with van der Waals surface area (Å²) in [5, 5.41) is 0. The van der Waals surface area contributed by atoms with Crippen molar-refractivity contribution >= 4 is 43.0 Å². The Labute approximate surface area is 132 Å². The summed E-state index contributed by atoms with van der Waals surface area (Å²) in [4.78, 5) is 0.440. The van der Waals surface area contributed by atoms with Crippen LogP contribution >= 0.6 is 27.3 Å². The van der Waals surface area contributed by atoms with Gasteiger partial charge in [-0.15, -0.1) is 11.3 Å². The number of para-hydroxylation sites is 1. The third-order valence-electron chi connectivity index (χ3n) is 2.61. The van der Waals surface area contributed by atoms with Crippen LogP contribution in [0.2, 0.25) is 0 Å². The molecule has 0 unspecified atom stereocenters. The Morgan fingerprint density at radius 3 is 2.38 bits per heavy atom. The molecule has 0 spiro atoms. The number of benzene rings is 1. The van der Waals surface area contributed by atoms with Crippen molar-refractivity contribution in [2.45, 2.75) is 18.0 Å². The molecule has 0 aliphatic carbocycles. The Kier molecular flexibility index (Phi) is 4.36. The van der Waals surface area contributed by atoms with Crippen molar-refractivity contribution in [2.75, 3.05) is 4.72 Å². The molecule has 1 heterocycles. The first kappa shape index (κ1) is 16.3. The lowest BCUT2D eigenvalue weighted by Crippen LogP contribution is -2.17. The van der Waals surface area contributed by atoms with Crippen molar-refractivity contribution < 1.29 is 21.6 Å². The number of thiophene rings is 1. The van der Waals surface area contributed by atoms with Gasteiger partial charge in [-0.25, -0.2) is 8.42 Å². The van der Waals surface area contributed by atoms with Crippen molar-refractivity contribution in [2.24, 2.45) is 0 Å². The number of rotatable bonds is 3. The molecule has 0 amide bonds. The Balaban J connectivity index is 2.45. The highest BCUT2D eigenvalue weighted by molar-refractivity contribution is 9.11. The van der Waals surface area contributed by atoms with Gasteiger partial charge in [0.1, 0.15) is 4.90 Å². The van der Waals surface area contributed by atoms with Gasteiger partial charge in [-0.3, -0.25) is 4.72 Å². The standard InChI is InChI=1S/C12H9BrF3NO2S2/c1-7-10(6-11(13)20-7)21(18,19)17-9-5-3-2-4-8(9)12(14,15)16/h2-6,17H,1H3. The van der Waals surface area contributed by atoms with Gasteiger partial charge in [0.05, 0.1) is 15.0 Å². The predicted octanol–water partition coefficient (Wildman–Crippen LogP) is 4.64. The molecule has 114 valence electrons. The zero-order valence-electron chi connectivity index (χ0n) is 10.5. The predicted molar refractivity (Wildman–Crippen MR) is 79.0 cm³/mol. The summed E-state index contributed by atoms with van der Waals surface area (Å²) in [6.07, 6.45) is -4.64. The summed E-state index contributed by atoms with van der Waals surface area (Å²) < 4.78 is 65.6. The van der Waals surface area contributed by atoms with E-state index in [0.29, 0.717) is 8.66 Å². The Bertz CT molecular complexity index is 769. The molecule has 21 heavy (non-hydrogen) atoms. The quantitative estimate of drug-likeness (QED) is 0.816. The zero-order chi connectivity index (χ0) is 15.8. The molecule has 0 saturated carbocycles. The molecule has 3 nitrogen and oxygen atoms in total. The van der Waals surface area contributed by atoms with E-state index < -0.39 is 27.5 Å². The van der Waals surface area contributed by atoms with E-state index in [1.165, 1.54) is 29.5 Å². The first-order chi connectivity index (χ1) is 9.61. The molecule has 0 aliphatic heterocycles. The van der Waals surface area contributed by atoms with Gasteiger partial charge in [0, 0.05) is 4.88 Å². The molecule has 0 atom stereocenters. The minimum atomic E-state index is -4.64. The van der Waals surface area contributed by atoms with Gasteiger partial charge in [-0.2, -0.15) is 13.2 Å². The number of anilines is 1. The van der Waals surface area contributed by atoms with Gasteiger partial charge in [0.2, 0.25) is 0 Å². The van der Waals surface area contributed by atoms with Gasteiger partial charge < -0.3 is 0 Å². The lowest BCUT2D eigenvalue weighted by atomic mass is 10.2. The molecule has 0 saturated heterocycles. The molecular formula is C12H9BrF3NO2S2. The lowest BCUT2D eigenvalue weighted by Gasteiger charge is -2.14. The van der Waals surface area contributed by atoms with Crippen LogP contribution in [0.15, 0.2) is 39.0 Å². The van der Waals surface area contributed by atoms with Gasteiger partial charge >= 0.3 is 6.18 Å². The van der Waals surface area contributed by atoms with E-state index in [-0.39, 0.29) is 4.90 Å². The first-order valence-electron chi connectivity index (χ1n) is 5.56. The van der Waals surface area contributed by atoms with E-state index in [9.17, 15) is 21.6 Å². The molecule has 0 bridgehead atoms. The molecule has 2 rings (SSSR count). The second-order valence-corrected chi connectivity index (χ2v) is 8.41. The summed E-state index contributed by atoms with van der Waals surface area (Å²) in [6.45, 7) is 1.58. The minimum Gasteiger partial charge on any atom is -0.279 e. The number of hydrogen-bond acceptors (Lipinski definition) is 3. The molecule has 2 aromatic rings. The van der Waals surface area contributed by atoms with Gasteiger partial charge in [0.15, 0.2) is 0 Å². The summed E-state index contributed by atoms with van der Waals surface area (Å²) in [5.74, 6) is 0. The SMILES string of the molecule is Cc1sc(Br)cc1S(=O)(=O)Nc1ccccc1C(F)(F)F. The maximum Gasteiger partial charge on any atom is 0.418 e. The molecule has 9 heteroatoms. The summed E-state index contributed by atoms with van der Waals surface area (Å²) in [5.41, 5.74) is -1.52. The maximum atomic E-state index is 12.9. The number of nitrogens with one attached hydrogen (secondary N) is 1. The summed E-state index contributed by atoms with van der Waals surface area (Å²) >= 11 is 4.35. The van der Waals surface area contributed by atoms with Crippen LogP contribution in [0.5, 0.6) is 0 Å². The van der Waals surface area contributed by atoms with Crippen molar-refractivity contribution in [1.82, 2.24) is 0 Å². The fourth-order valence-electron chi connectivity index (χ4n) is 1.72. The highest BCUT2D eigenvalue weighted by atomic mass is 79.9. The topological polar surface area (TPSA) is 46.2 Å². The minimum absolute atomic E-state index is 0.0450. The molecule has 1 N–H and O–H groups in total. The van der Waals surface area contributed by atoms with Crippen LogP contribution in [0.4, 0.5) is 18.9 Å². The van der Waals surface area contributed by atoms with Crippen LogP contribution in [0.1, 0.15) is 10.4 Å². The second kappa shape index (κ2) is 5.62. The van der Waals surface area contributed by atoms with Crippen LogP contribution in [-0.4, -0.2) is 8.42 Å². The Morgan fingerprint density at radius 2 is 1.86 bits per heavy atom. The van der Waals surface area contributed by atoms with E-state index in [0.717, 1.165) is 12.1 Å². The van der Waals surface area contributed by atoms with Crippen molar-refractivity contribution in [3.63, 3.8) is 0 Å². The third-order valence-corrected chi connectivity index (χ3v) is 5.78. The van der Waals surface area contributed by atoms with Crippen LogP contribution in [-0.2, 0) is 16.2 Å². The molecule has 0 radical (unpaired) electrons. The molecule has 1 aromatic carbocycles. The highest BCUT2D eigenvalue weighted by Crippen LogP contribution is 2.36. The first-order valence-corrected chi connectivity index (χ1v) is 8.65. The molecular weight excluding hydrogens is 391 g/mol. The monoisotopic (exact) mass is 399 g/mol. The van der Waals surface area contributed by atoms with Crippen molar-refractivity contribution in [3.8, 4) is 0 Å². The van der Waals surface area contributed by atoms with Crippen LogP contribution in [0.25, 0.3) is 0 Å². The van der Waals surface area contributed by atoms with Crippen LogP contribution < -0.4 is 4.72 Å². The highest BCUT2D eigenvalue weighted by Gasteiger charge is 2.34. The van der Waals surface area contributed by atoms with Crippen molar-refractivity contribution in [3.05, 3.63) is 44.6 Å². The van der Waals surface area contributed by atoms with E-state index in [4.69, 9.17) is 0 Å². The Morgan fingerprint density at radius 1 is 1.24 bits per heavy atom. The molecule has 0 aliphatic rings. The normalized spacial score (nSPS) is 12.4. The average Bonchev–Trinajstić information content (AvgIpc) is 2.68. The van der Waals surface area contributed by atoms with E-state index in [1.807, 2.05) is 4.72 Å². The maximum absolute atomic E-state index is 12.9. The number of hydrogen-bond donors (Lipinski definition) is 1. The van der Waals surface area contributed by atoms with E-state index in [2.05, 4.69) is 15.9 Å². The number of sulfonamides is 1. The van der Waals surface area contributed by atoms with Gasteiger partial charge in [-0.1, -0.05) is 12.1 Å². The largest absolute Gasteiger partial charge is 0.418 e. The average molecular weight is 400 g/mol. The fourth-order valence-corrected chi connectivity index (χ4v) is 5.21. The fraction of sp³-hybridized carbons (Fsp3) is 0.167. The van der Waals surface area contributed by atoms with E-state index in [1.54, 1.807) is 6.92 Å². The van der Waals surface area contributed by atoms with Crippen LogP contribution in [0, 0.1) is 6.92 Å². The summed E-state index contributed by atoms with van der Waals surface area (Å²) in [6, 6.07) is 5.81. The molecule has 1 aromatic heterocycles. The number of alkyl halides is 3. The van der Waals surface area contributed by atoms with Crippen LogP contribution in [0.3, 0.4) is 0 Å². The van der Waals surface area contributed by atoms with Gasteiger partial charge in [0.25, 0.3) is 10.0 Å². The number of halogens is 4. The lowest BCUT2D eigenvalue weighted by molar-refractivity contribution is -0.136. The summed E-state index contributed by atoms with van der Waals surface area (Å²) in [7, 11) is -4.08. The second-order valence-electron chi connectivity index (χ2n) is 4.12. The smallest absolute Gasteiger partial charge is 0.279 e. The third kappa shape index (κ3) is 3.58. The van der Waals surface area contributed by atoms with Crippen molar-refractivity contribution in [1.29, 1.82) is 0 Å². The van der Waals surface area contributed by atoms with E-state index >= 15 is 0 Å². The Hall–Kier alpha value is -1.06. The molecule has 0 fully saturated rings. The number of aryl methyl sites for hydroxylation is 1. The zero-order valence-corrected chi connectivity index (χ0v) is 13.8. The van der Waals surface area contributed by atoms with Gasteiger partial charge in [-0.05, 0) is 41.1 Å².